The van der Waals surface area contributed by atoms with Crippen molar-refractivity contribution in [2.24, 2.45) is 0 Å². The lowest BCUT2D eigenvalue weighted by Gasteiger charge is -2.16. The van der Waals surface area contributed by atoms with Crippen LogP contribution in [0, 0.1) is 0 Å². The molecular weight excluding hydrogens is 414 g/mol. The molecule has 1 N–H and O–H groups in total. The minimum absolute atomic E-state index is 0.154. The van der Waals surface area contributed by atoms with Crippen LogP contribution >= 0.6 is 11.6 Å². The van der Waals surface area contributed by atoms with E-state index in [1.54, 1.807) is 34.9 Å². The fraction of sp³-hybridized carbons (Fsp3) is 0.211. The van der Waals surface area contributed by atoms with E-state index in [-0.39, 0.29) is 15.5 Å². The molecule has 0 atom stereocenters. The number of nitrogens with one attached hydrogen (secondary N) is 1. The molecule has 1 aromatic heterocycles. The Morgan fingerprint density at radius 1 is 1.03 bits per heavy atom. The second kappa shape index (κ2) is 7.94. The molecule has 1 aliphatic rings. The number of anilines is 1. The summed E-state index contributed by atoms with van der Waals surface area (Å²) in [7, 11) is -3.57. The first-order valence-corrected chi connectivity index (χ1v) is 10.8. The number of hydrogen-bond donors (Lipinski definition) is 1. The molecule has 1 saturated heterocycles. The van der Waals surface area contributed by atoms with Crippen LogP contribution in [-0.4, -0.2) is 46.5 Å². The highest BCUT2D eigenvalue weighted by molar-refractivity contribution is 7.89. The molecule has 8 nitrogen and oxygen atoms in total. The molecule has 0 unspecified atom stereocenters. The lowest BCUT2D eigenvalue weighted by molar-refractivity contribution is 0.102. The van der Waals surface area contributed by atoms with E-state index in [0.29, 0.717) is 24.5 Å². The van der Waals surface area contributed by atoms with E-state index in [9.17, 15) is 13.2 Å². The largest absolute Gasteiger partial charge is 0.322 e. The molecule has 0 saturated carbocycles. The molecule has 0 aliphatic carbocycles. The predicted molar refractivity (Wildman–Crippen MR) is 109 cm³/mol. The minimum atomic E-state index is -3.57. The molecule has 0 radical (unpaired) electrons. The van der Waals surface area contributed by atoms with Crippen molar-refractivity contribution in [3.05, 3.63) is 65.7 Å². The minimum Gasteiger partial charge on any atom is -0.322 e. The highest BCUT2D eigenvalue weighted by Crippen LogP contribution is 2.25. The Bertz CT molecular complexity index is 1140. The van der Waals surface area contributed by atoms with Crippen molar-refractivity contribution in [2.75, 3.05) is 18.4 Å². The first kappa shape index (κ1) is 19.6. The Morgan fingerprint density at radius 2 is 1.76 bits per heavy atom. The van der Waals surface area contributed by atoms with Gasteiger partial charge in [-0.05, 0) is 49.2 Å². The summed E-state index contributed by atoms with van der Waals surface area (Å²) in [6, 6.07) is 11.2. The van der Waals surface area contributed by atoms with Gasteiger partial charge < -0.3 is 5.32 Å². The maximum absolute atomic E-state index is 12.8. The Morgan fingerprint density at radius 3 is 2.48 bits per heavy atom. The van der Waals surface area contributed by atoms with E-state index in [4.69, 9.17) is 11.6 Å². The SMILES string of the molecule is O=C(Nc1cccc(S(=O)(=O)N2CCCC2)c1)c1cc(-n2cnnc2)ccc1Cl. The van der Waals surface area contributed by atoms with Crippen LogP contribution in [0.4, 0.5) is 5.69 Å². The van der Waals surface area contributed by atoms with Gasteiger partial charge in [-0.1, -0.05) is 17.7 Å². The number of halogens is 1. The fourth-order valence-corrected chi connectivity index (χ4v) is 4.96. The second-order valence-corrected chi connectivity index (χ2v) is 8.97. The van der Waals surface area contributed by atoms with Crippen molar-refractivity contribution in [2.45, 2.75) is 17.7 Å². The standard InChI is InChI=1S/C19H18ClN5O3S/c20-18-7-6-15(24-12-21-22-13-24)11-17(18)19(26)23-14-4-3-5-16(10-14)29(27,28)25-8-1-2-9-25/h3-7,10-13H,1-2,8-9H2,(H,23,26). The smallest absolute Gasteiger partial charge is 0.257 e. The monoisotopic (exact) mass is 431 g/mol. The third-order valence-electron chi connectivity index (χ3n) is 4.71. The van der Waals surface area contributed by atoms with Crippen molar-refractivity contribution < 1.29 is 13.2 Å². The number of rotatable bonds is 5. The first-order chi connectivity index (χ1) is 13.9. The zero-order chi connectivity index (χ0) is 20.4. The molecule has 10 heteroatoms. The summed E-state index contributed by atoms with van der Waals surface area (Å²) in [5.41, 5.74) is 1.31. The van der Waals surface area contributed by atoms with E-state index in [0.717, 1.165) is 12.8 Å². The van der Waals surface area contributed by atoms with E-state index in [1.807, 2.05) is 0 Å². The van der Waals surface area contributed by atoms with E-state index < -0.39 is 15.9 Å². The van der Waals surface area contributed by atoms with Gasteiger partial charge in [-0.25, -0.2) is 8.42 Å². The van der Waals surface area contributed by atoms with Crippen molar-refractivity contribution in [1.82, 2.24) is 19.1 Å². The zero-order valence-corrected chi connectivity index (χ0v) is 16.9. The number of aromatic nitrogens is 3. The predicted octanol–water partition coefficient (Wildman–Crippen LogP) is 2.96. The van der Waals surface area contributed by atoms with Gasteiger partial charge in [-0.3, -0.25) is 9.36 Å². The highest BCUT2D eigenvalue weighted by atomic mass is 35.5. The summed E-state index contributed by atoms with van der Waals surface area (Å²) in [5.74, 6) is -0.444. The van der Waals surface area contributed by atoms with E-state index in [2.05, 4.69) is 15.5 Å². The molecule has 4 rings (SSSR count). The van der Waals surface area contributed by atoms with Crippen molar-refractivity contribution in [3.8, 4) is 5.69 Å². The van der Waals surface area contributed by atoms with Gasteiger partial charge in [-0.2, -0.15) is 4.31 Å². The lowest BCUT2D eigenvalue weighted by Crippen LogP contribution is -2.27. The van der Waals surface area contributed by atoms with Crippen LogP contribution in [0.15, 0.2) is 60.0 Å². The van der Waals surface area contributed by atoms with Gasteiger partial charge in [0.2, 0.25) is 10.0 Å². The van der Waals surface area contributed by atoms with E-state index in [1.165, 1.54) is 29.1 Å². The molecule has 0 bridgehead atoms. The number of nitrogens with zero attached hydrogens (tertiary/aromatic N) is 4. The summed E-state index contributed by atoms with van der Waals surface area (Å²) in [5, 5.41) is 10.5. The summed E-state index contributed by atoms with van der Waals surface area (Å²) < 4.78 is 28.6. The molecule has 0 spiro atoms. The molecule has 1 amide bonds. The second-order valence-electron chi connectivity index (χ2n) is 6.63. The number of amides is 1. The number of carbonyl (C=O) groups is 1. The van der Waals surface area contributed by atoms with Crippen LogP contribution in [0.5, 0.6) is 0 Å². The van der Waals surface area contributed by atoms with Crippen molar-refractivity contribution >= 4 is 33.2 Å². The number of benzene rings is 2. The first-order valence-electron chi connectivity index (χ1n) is 9.01. The van der Waals surface area contributed by atoms with Gasteiger partial charge in [-0.15, -0.1) is 10.2 Å². The van der Waals surface area contributed by atoms with Gasteiger partial charge in [0.15, 0.2) is 0 Å². The molecule has 2 heterocycles. The number of hydrogen-bond acceptors (Lipinski definition) is 5. The van der Waals surface area contributed by atoms with E-state index >= 15 is 0 Å². The molecule has 3 aromatic rings. The maximum Gasteiger partial charge on any atom is 0.257 e. The van der Waals surface area contributed by atoms with Crippen LogP contribution in [-0.2, 0) is 10.0 Å². The molecule has 150 valence electrons. The fourth-order valence-electron chi connectivity index (χ4n) is 3.19. The third kappa shape index (κ3) is 4.02. The zero-order valence-electron chi connectivity index (χ0n) is 15.3. The molecule has 2 aromatic carbocycles. The van der Waals surface area contributed by atoms with Crippen LogP contribution in [0.25, 0.3) is 5.69 Å². The van der Waals surface area contributed by atoms with Crippen LogP contribution < -0.4 is 5.32 Å². The average Bonchev–Trinajstić information content (AvgIpc) is 3.43. The van der Waals surface area contributed by atoms with Crippen LogP contribution in [0.1, 0.15) is 23.2 Å². The maximum atomic E-state index is 12.8. The van der Waals surface area contributed by atoms with Crippen LogP contribution in [0.2, 0.25) is 5.02 Å². The highest BCUT2D eigenvalue weighted by Gasteiger charge is 2.27. The topological polar surface area (TPSA) is 97.2 Å². The average molecular weight is 432 g/mol. The van der Waals surface area contributed by atoms with Gasteiger partial charge in [0.25, 0.3) is 5.91 Å². The molecule has 1 aliphatic heterocycles. The lowest BCUT2D eigenvalue weighted by atomic mass is 10.1. The van der Waals surface area contributed by atoms with Crippen molar-refractivity contribution in [1.29, 1.82) is 0 Å². The quantitative estimate of drug-likeness (QED) is 0.669. The number of carbonyl (C=O) groups excluding carboxylic acids is 1. The summed E-state index contributed by atoms with van der Waals surface area (Å²) >= 11 is 6.20. The number of sulfonamides is 1. The summed E-state index contributed by atoms with van der Waals surface area (Å²) in [4.78, 5) is 12.9. The Labute approximate surface area is 173 Å². The van der Waals surface area contributed by atoms with Gasteiger partial charge >= 0.3 is 0 Å². The summed E-state index contributed by atoms with van der Waals surface area (Å²) in [6.07, 6.45) is 4.74. The molecule has 1 fully saturated rings. The Balaban J connectivity index is 1.59. The Hall–Kier alpha value is -2.75. The van der Waals surface area contributed by atoms with Gasteiger partial charge in [0, 0.05) is 24.5 Å². The third-order valence-corrected chi connectivity index (χ3v) is 6.93. The normalized spacial score (nSPS) is 14.8. The van der Waals surface area contributed by atoms with Crippen LogP contribution in [0.3, 0.4) is 0 Å². The van der Waals surface area contributed by atoms with Gasteiger partial charge in [0.05, 0.1) is 15.5 Å². The van der Waals surface area contributed by atoms with Gasteiger partial charge in [0.1, 0.15) is 12.7 Å². The molecule has 29 heavy (non-hydrogen) atoms. The van der Waals surface area contributed by atoms with Crippen molar-refractivity contribution in [3.63, 3.8) is 0 Å². The summed E-state index contributed by atoms with van der Waals surface area (Å²) in [6.45, 7) is 1.04. The Kier molecular flexibility index (Phi) is 5.35. The molecular formula is C19H18ClN5O3S.